The molecule has 0 saturated carbocycles. The monoisotopic (exact) mass is 298 g/mol. The molecule has 1 aromatic heterocycles. The van der Waals surface area contributed by atoms with Gasteiger partial charge < -0.3 is 15.5 Å². The fraction of sp³-hybridized carbons (Fsp3) is 0.571. The number of hydrogen-bond acceptors (Lipinski definition) is 4. The molecule has 1 heterocycles. The second-order valence-corrected chi connectivity index (χ2v) is 5.04. The Morgan fingerprint density at radius 2 is 2.15 bits per heavy atom. The number of nitrogens with zero attached hydrogens (tertiary/aromatic N) is 2. The predicted molar refractivity (Wildman–Crippen MR) is 83.5 cm³/mol. The first-order valence-electron chi connectivity index (χ1n) is 6.94. The molecule has 0 saturated heterocycles. The number of anilines is 1. The number of pyridine rings is 1. The van der Waals surface area contributed by atoms with Gasteiger partial charge in [-0.1, -0.05) is 25.4 Å². The van der Waals surface area contributed by atoms with E-state index in [1.807, 2.05) is 7.05 Å². The van der Waals surface area contributed by atoms with Gasteiger partial charge in [-0.2, -0.15) is 0 Å². The van der Waals surface area contributed by atoms with Gasteiger partial charge in [-0.05, 0) is 26.1 Å². The number of rotatable bonds is 8. The fourth-order valence-electron chi connectivity index (χ4n) is 1.56. The molecule has 0 aromatic carbocycles. The minimum atomic E-state index is -0.147. The van der Waals surface area contributed by atoms with Crippen LogP contribution in [0.1, 0.15) is 30.6 Å². The van der Waals surface area contributed by atoms with Crippen molar-refractivity contribution in [3.8, 4) is 0 Å². The maximum atomic E-state index is 11.9. The van der Waals surface area contributed by atoms with Crippen molar-refractivity contribution in [1.82, 2.24) is 15.2 Å². The van der Waals surface area contributed by atoms with Crippen LogP contribution in [0.4, 0.5) is 5.82 Å². The Labute approximate surface area is 125 Å². The molecule has 0 bridgehead atoms. The number of hydrogen-bond donors (Lipinski definition) is 2. The van der Waals surface area contributed by atoms with Gasteiger partial charge in [0.1, 0.15) is 5.82 Å². The van der Waals surface area contributed by atoms with Crippen molar-refractivity contribution < 1.29 is 4.79 Å². The Balaban J connectivity index is 2.54. The van der Waals surface area contributed by atoms with Crippen molar-refractivity contribution in [3.63, 3.8) is 0 Å². The summed E-state index contributed by atoms with van der Waals surface area (Å²) in [7, 11) is 2.01. The van der Waals surface area contributed by atoms with Crippen molar-refractivity contribution in [2.75, 3.05) is 38.5 Å². The summed E-state index contributed by atoms with van der Waals surface area (Å²) < 4.78 is 0. The van der Waals surface area contributed by atoms with Gasteiger partial charge in [-0.15, -0.1) is 0 Å². The number of likely N-dealkylation sites (N-methyl/N-ethyl adjacent to an activating group) is 1. The zero-order valence-electron chi connectivity index (χ0n) is 12.4. The van der Waals surface area contributed by atoms with Crippen molar-refractivity contribution in [1.29, 1.82) is 0 Å². The second-order valence-electron chi connectivity index (χ2n) is 4.63. The molecular formula is C14H23ClN4O. The zero-order chi connectivity index (χ0) is 15.0. The van der Waals surface area contributed by atoms with Crippen LogP contribution < -0.4 is 10.6 Å². The van der Waals surface area contributed by atoms with Crippen molar-refractivity contribution >= 4 is 23.3 Å². The molecule has 0 aliphatic rings. The van der Waals surface area contributed by atoms with Gasteiger partial charge >= 0.3 is 0 Å². The van der Waals surface area contributed by atoms with E-state index in [1.165, 1.54) is 0 Å². The van der Waals surface area contributed by atoms with Crippen LogP contribution in [0.25, 0.3) is 0 Å². The number of aromatic nitrogens is 1. The standard InChI is InChI=1S/C14H23ClN4O/c1-4-6-16-13-12(15)9-11(10-18-13)14(20)17-7-8-19(3)5-2/h9-10H,4-8H2,1-3H3,(H,16,18)(H,17,20). The average Bonchev–Trinajstić information content (AvgIpc) is 2.45. The van der Waals surface area contributed by atoms with E-state index in [0.717, 1.165) is 26.1 Å². The summed E-state index contributed by atoms with van der Waals surface area (Å²) in [6, 6.07) is 1.64. The number of amides is 1. The quantitative estimate of drug-likeness (QED) is 0.773. The summed E-state index contributed by atoms with van der Waals surface area (Å²) in [6.45, 7) is 7.34. The molecule has 1 amide bonds. The maximum absolute atomic E-state index is 11.9. The Morgan fingerprint density at radius 1 is 1.40 bits per heavy atom. The van der Waals surface area contributed by atoms with Crippen LogP contribution in [0.2, 0.25) is 5.02 Å². The average molecular weight is 299 g/mol. The van der Waals surface area contributed by atoms with Crippen molar-refractivity contribution in [3.05, 3.63) is 22.8 Å². The molecule has 0 aliphatic carbocycles. The van der Waals surface area contributed by atoms with E-state index in [1.54, 1.807) is 12.3 Å². The van der Waals surface area contributed by atoms with E-state index in [4.69, 9.17) is 11.6 Å². The summed E-state index contributed by atoms with van der Waals surface area (Å²) >= 11 is 6.10. The molecule has 0 atom stereocenters. The van der Waals surface area contributed by atoms with Crippen LogP contribution in [-0.2, 0) is 0 Å². The molecule has 0 aliphatic heterocycles. The summed E-state index contributed by atoms with van der Waals surface area (Å²) in [4.78, 5) is 18.3. The summed E-state index contributed by atoms with van der Waals surface area (Å²) in [6.07, 6.45) is 2.54. The molecule has 5 nitrogen and oxygen atoms in total. The topological polar surface area (TPSA) is 57.3 Å². The lowest BCUT2D eigenvalue weighted by molar-refractivity contribution is 0.0950. The van der Waals surface area contributed by atoms with E-state index < -0.39 is 0 Å². The van der Waals surface area contributed by atoms with E-state index in [9.17, 15) is 4.79 Å². The highest BCUT2D eigenvalue weighted by atomic mass is 35.5. The molecule has 6 heteroatoms. The number of carbonyl (C=O) groups is 1. The highest BCUT2D eigenvalue weighted by molar-refractivity contribution is 6.33. The van der Waals surface area contributed by atoms with E-state index in [-0.39, 0.29) is 5.91 Å². The molecule has 112 valence electrons. The van der Waals surface area contributed by atoms with E-state index >= 15 is 0 Å². The third kappa shape index (κ3) is 5.35. The number of carbonyl (C=O) groups excluding carboxylic acids is 1. The van der Waals surface area contributed by atoms with Gasteiger partial charge in [0.2, 0.25) is 0 Å². The van der Waals surface area contributed by atoms with E-state index in [2.05, 4.69) is 34.4 Å². The summed E-state index contributed by atoms with van der Waals surface area (Å²) in [5.74, 6) is 0.474. The number of halogens is 1. The Hall–Kier alpha value is -1.33. The predicted octanol–water partition coefficient (Wildman–Crippen LogP) is 2.24. The second kappa shape index (κ2) is 8.76. The first-order chi connectivity index (χ1) is 9.58. The molecule has 2 N–H and O–H groups in total. The molecule has 0 unspecified atom stereocenters. The fourth-order valence-corrected chi connectivity index (χ4v) is 1.79. The van der Waals surface area contributed by atoms with Gasteiger partial charge in [0.15, 0.2) is 0 Å². The van der Waals surface area contributed by atoms with Crippen molar-refractivity contribution in [2.24, 2.45) is 0 Å². The molecule has 20 heavy (non-hydrogen) atoms. The Kier molecular flexibility index (Phi) is 7.33. The van der Waals surface area contributed by atoms with Crippen LogP contribution in [0.15, 0.2) is 12.3 Å². The first kappa shape index (κ1) is 16.7. The molecule has 0 radical (unpaired) electrons. The zero-order valence-corrected chi connectivity index (χ0v) is 13.1. The lowest BCUT2D eigenvalue weighted by Crippen LogP contribution is -2.32. The van der Waals surface area contributed by atoms with Gasteiger partial charge in [-0.3, -0.25) is 4.79 Å². The van der Waals surface area contributed by atoms with Crippen LogP contribution in [-0.4, -0.2) is 49.0 Å². The summed E-state index contributed by atoms with van der Waals surface area (Å²) in [5.41, 5.74) is 0.483. The lowest BCUT2D eigenvalue weighted by atomic mass is 10.2. The smallest absolute Gasteiger partial charge is 0.252 e. The SMILES string of the molecule is CCCNc1ncc(C(=O)NCCN(C)CC)cc1Cl. The molecule has 0 spiro atoms. The highest BCUT2D eigenvalue weighted by Crippen LogP contribution is 2.19. The van der Waals surface area contributed by atoms with Gasteiger partial charge in [0.05, 0.1) is 10.6 Å². The maximum Gasteiger partial charge on any atom is 0.252 e. The third-order valence-corrected chi connectivity index (χ3v) is 3.25. The van der Waals surface area contributed by atoms with Crippen molar-refractivity contribution in [2.45, 2.75) is 20.3 Å². The Bertz CT molecular complexity index is 439. The minimum absolute atomic E-state index is 0.147. The minimum Gasteiger partial charge on any atom is -0.369 e. The van der Waals surface area contributed by atoms with Crippen LogP contribution in [0, 0.1) is 0 Å². The first-order valence-corrected chi connectivity index (χ1v) is 7.32. The van der Waals surface area contributed by atoms with Gasteiger partial charge in [0, 0.05) is 25.8 Å². The highest BCUT2D eigenvalue weighted by Gasteiger charge is 2.09. The van der Waals surface area contributed by atoms with Crippen LogP contribution in [0.5, 0.6) is 0 Å². The van der Waals surface area contributed by atoms with E-state index in [0.29, 0.717) is 22.9 Å². The number of nitrogens with one attached hydrogen (secondary N) is 2. The lowest BCUT2D eigenvalue weighted by Gasteiger charge is -2.14. The van der Waals surface area contributed by atoms with Gasteiger partial charge in [-0.25, -0.2) is 4.98 Å². The molecule has 0 fully saturated rings. The largest absolute Gasteiger partial charge is 0.369 e. The van der Waals surface area contributed by atoms with Crippen LogP contribution >= 0.6 is 11.6 Å². The normalized spacial score (nSPS) is 10.7. The molecular weight excluding hydrogens is 276 g/mol. The summed E-state index contributed by atoms with van der Waals surface area (Å²) in [5, 5.41) is 6.44. The van der Waals surface area contributed by atoms with Crippen LogP contribution in [0.3, 0.4) is 0 Å². The molecule has 1 aromatic rings. The molecule has 1 rings (SSSR count). The third-order valence-electron chi connectivity index (χ3n) is 2.96. The Morgan fingerprint density at radius 3 is 2.75 bits per heavy atom. The van der Waals surface area contributed by atoms with Gasteiger partial charge in [0.25, 0.3) is 5.91 Å².